The van der Waals surface area contributed by atoms with E-state index in [1.807, 2.05) is 16.0 Å². The predicted molar refractivity (Wildman–Crippen MR) is 84.4 cm³/mol. The van der Waals surface area contributed by atoms with Crippen LogP contribution in [0.5, 0.6) is 0 Å². The van der Waals surface area contributed by atoms with Gasteiger partial charge in [-0.1, -0.05) is 6.42 Å². The van der Waals surface area contributed by atoms with Gasteiger partial charge in [0, 0.05) is 23.1 Å². The molecule has 0 radical (unpaired) electrons. The number of thiazole rings is 1. The SMILES string of the molecule is O=C(Nc1c(-c2ccc(F)cc2)nc2sccn12)C1CCC1. The minimum atomic E-state index is -0.287. The van der Waals surface area contributed by atoms with Crippen LogP contribution in [0.4, 0.5) is 10.2 Å². The number of aromatic nitrogens is 2. The molecule has 1 N–H and O–H groups in total. The monoisotopic (exact) mass is 315 g/mol. The fraction of sp³-hybridized carbons (Fsp3) is 0.250. The van der Waals surface area contributed by atoms with Crippen molar-refractivity contribution in [3.8, 4) is 11.3 Å². The van der Waals surface area contributed by atoms with E-state index in [2.05, 4.69) is 10.3 Å². The summed E-state index contributed by atoms with van der Waals surface area (Å²) in [7, 11) is 0. The van der Waals surface area contributed by atoms with Crippen molar-refractivity contribution >= 4 is 28.0 Å². The number of rotatable bonds is 3. The molecule has 6 heteroatoms. The average Bonchev–Trinajstić information content (AvgIpc) is 3.01. The van der Waals surface area contributed by atoms with E-state index in [4.69, 9.17) is 0 Å². The maximum atomic E-state index is 13.1. The van der Waals surface area contributed by atoms with Crippen molar-refractivity contribution < 1.29 is 9.18 Å². The van der Waals surface area contributed by atoms with Crippen molar-refractivity contribution in [1.82, 2.24) is 9.38 Å². The first-order valence-corrected chi connectivity index (χ1v) is 8.13. The highest BCUT2D eigenvalue weighted by Crippen LogP contribution is 2.33. The highest BCUT2D eigenvalue weighted by molar-refractivity contribution is 7.15. The minimum Gasteiger partial charge on any atom is -0.310 e. The molecule has 0 aliphatic heterocycles. The Kier molecular flexibility index (Phi) is 3.18. The Morgan fingerprint density at radius 2 is 2.09 bits per heavy atom. The van der Waals surface area contributed by atoms with Gasteiger partial charge in [-0.3, -0.25) is 9.20 Å². The maximum Gasteiger partial charge on any atom is 0.228 e. The summed E-state index contributed by atoms with van der Waals surface area (Å²) in [6.45, 7) is 0. The van der Waals surface area contributed by atoms with Crippen LogP contribution in [0.15, 0.2) is 35.8 Å². The quantitative estimate of drug-likeness (QED) is 0.796. The van der Waals surface area contributed by atoms with Gasteiger partial charge in [-0.15, -0.1) is 11.3 Å². The normalized spacial score (nSPS) is 15.0. The maximum absolute atomic E-state index is 13.1. The number of imidazole rings is 1. The molecule has 2 heterocycles. The summed E-state index contributed by atoms with van der Waals surface area (Å²) in [5, 5.41) is 4.94. The van der Waals surface area contributed by atoms with Crippen LogP contribution >= 0.6 is 11.3 Å². The van der Waals surface area contributed by atoms with Gasteiger partial charge in [0.2, 0.25) is 5.91 Å². The summed E-state index contributed by atoms with van der Waals surface area (Å²) in [6, 6.07) is 6.17. The number of carbonyl (C=O) groups excluding carboxylic acids is 1. The third kappa shape index (κ3) is 2.20. The molecule has 0 saturated heterocycles. The Balaban J connectivity index is 1.76. The number of amides is 1. The molecule has 4 nitrogen and oxygen atoms in total. The van der Waals surface area contributed by atoms with E-state index in [0.29, 0.717) is 11.5 Å². The first-order valence-electron chi connectivity index (χ1n) is 7.25. The molecule has 1 aliphatic rings. The lowest BCUT2D eigenvalue weighted by atomic mass is 9.85. The van der Waals surface area contributed by atoms with Crippen LogP contribution in [0.2, 0.25) is 0 Å². The number of fused-ring (bicyclic) bond motifs is 1. The van der Waals surface area contributed by atoms with Gasteiger partial charge in [0.1, 0.15) is 17.3 Å². The molecule has 0 unspecified atom stereocenters. The molecule has 1 fully saturated rings. The van der Waals surface area contributed by atoms with Crippen LogP contribution < -0.4 is 5.32 Å². The Bertz CT molecular complexity index is 833. The highest BCUT2D eigenvalue weighted by Gasteiger charge is 2.27. The number of nitrogens with one attached hydrogen (secondary N) is 1. The molecule has 1 saturated carbocycles. The molecule has 1 aromatic carbocycles. The summed E-state index contributed by atoms with van der Waals surface area (Å²) in [5.74, 6) is 0.525. The molecule has 22 heavy (non-hydrogen) atoms. The van der Waals surface area contributed by atoms with Crippen molar-refractivity contribution in [1.29, 1.82) is 0 Å². The summed E-state index contributed by atoms with van der Waals surface area (Å²) < 4.78 is 15.0. The van der Waals surface area contributed by atoms with Gasteiger partial charge in [0.15, 0.2) is 4.96 Å². The van der Waals surface area contributed by atoms with Crippen LogP contribution in [0, 0.1) is 11.7 Å². The standard InChI is InChI=1S/C16H14FN3OS/c17-12-6-4-10(5-7-12)13-14(19-15(21)11-2-1-3-11)20-8-9-22-16(20)18-13/h4-9,11H,1-3H2,(H,19,21). The van der Waals surface area contributed by atoms with Gasteiger partial charge in [0.05, 0.1) is 0 Å². The van der Waals surface area contributed by atoms with Crippen molar-refractivity contribution in [2.75, 3.05) is 5.32 Å². The minimum absolute atomic E-state index is 0.0441. The summed E-state index contributed by atoms with van der Waals surface area (Å²) in [4.78, 5) is 17.7. The number of hydrogen-bond donors (Lipinski definition) is 1. The van der Waals surface area contributed by atoms with Gasteiger partial charge in [-0.05, 0) is 37.1 Å². The van der Waals surface area contributed by atoms with Crippen LogP contribution in [-0.2, 0) is 4.79 Å². The first-order chi connectivity index (χ1) is 10.7. The Morgan fingerprint density at radius 3 is 2.77 bits per heavy atom. The first kappa shape index (κ1) is 13.5. The molecule has 3 aromatic rings. The smallest absolute Gasteiger partial charge is 0.228 e. The predicted octanol–water partition coefficient (Wildman–Crippen LogP) is 3.94. The van der Waals surface area contributed by atoms with Gasteiger partial charge >= 0.3 is 0 Å². The Labute approximate surface area is 130 Å². The van der Waals surface area contributed by atoms with Crippen molar-refractivity contribution in [3.05, 3.63) is 41.7 Å². The van der Waals surface area contributed by atoms with E-state index in [9.17, 15) is 9.18 Å². The topological polar surface area (TPSA) is 46.4 Å². The van der Waals surface area contributed by atoms with Gasteiger partial charge in [-0.2, -0.15) is 0 Å². The lowest BCUT2D eigenvalue weighted by Gasteiger charge is -2.24. The molecule has 1 amide bonds. The van der Waals surface area contributed by atoms with Crippen LogP contribution in [0.1, 0.15) is 19.3 Å². The van der Waals surface area contributed by atoms with E-state index >= 15 is 0 Å². The van der Waals surface area contributed by atoms with E-state index < -0.39 is 0 Å². The third-order valence-electron chi connectivity index (χ3n) is 4.10. The number of hydrogen-bond acceptors (Lipinski definition) is 3. The number of carbonyl (C=O) groups is 1. The second-order valence-electron chi connectivity index (χ2n) is 5.49. The Hall–Kier alpha value is -2.21. The largest absolute Gasteiger partial charge is 0.310 e. The summed E-state index contributed by atoms with van der Waals surface area (Å²) in [5.41, 5.74) is 1.47. The van der Waals surface area contributed by atoms with Crippen molar-refractivity contribution in [2.24, 2.45) is 5.92 Å². The average molecular weight is 315 g/mol. The van der Waals surface area contributed by atoms with Gasteiger partial charge < -0.3 is 5.32 Å². The number of halogens is 1. The van der Waals surface area contributed by atoms with Crippen LogP contribution in [0.25, 0.3) is 16.2 Å². The lowest BCUT2D eigenvalue weighted by molar-refractivity contribution is -0.122. The van der Waals surface area contributed by atoms with Crippen molar-refractivity contribution in [3.63, 3.8) is 0 Å². The zero-order valence-corrected chi connectivity index (χ0v) is 12.6. The van der Waals surface area contributed by atoms with E-state index in [1.54, 1.807) is 12.1 Å². The van der Waals surface area contributed by atoms with E-state index in [-0.39, 0.29) is 17.6 Å². The zero-order valence-electron chi connectivity index (χ0n) is 11.8. The molecular formula is C16H14FN3OS. The van der Waals surface area contributed by atoms with Crippen LogP contribution in [0.3, 0.4) is 0 Å². The van der Waals surface area contributed by atoms with E-state index in [1.165, 1.54) is 23.5 Å². The molecule has 0 atom stereocenters. The second-order valence-corrected chi connectivity index (χ2v) is 6.36. The molecular weight excluding hydrogens is 301 g/mol. The van der Waals surface area contributed by atoms with Gasteiger partial charge in [-0.25, -0.2) is 9.37 Å². The number of nitrogens with zero attached hydrogens (tertiary/aromatic N) is 2. The third-order valence-corrected chi connectivity index (χ3v) is 4.85. The summed E-state index contributed by atoms with van der Waals surface area (Å²) >= 11 is 1.50. The fourth-order valence-corrected chi connectivity index (χ4v) is 3.32. The molecule has 2 aromatic heterocycles. The van der Waals surface area contributed by atoms with Gasteiger partial charge in [0.25, 0.3) is 0 Å². The molecule has 112 valence electrons. The Morgan fingerprint density at radius 1 is 1.32 bits per heavy atom. The fourth-order valence-electron chi connectivity index (χ4n) is 2.60. The molecule has 4 rings (SSSR count). The highest BCUT2D eigenvalue weighted by atomic mass is 32.1. The second kappa shape index (κ2) is 5.21. The molecule has 0 bridgehead atoms. The molecule has 0 spiro atoms. The van der Waals surface area contributed by atoms with Crippen molar-refractivity contribution in [2.45, 2.75) is 19.3 Å². The number of benzene rings is 1. The van der Waals surface area contributed by atoms with Crippen LogP contribution in [-0.4, -0.2) is 15.3 Å². The lowest BCUT2D eigenvalue weighted by Crippen LogP contribution is -2.28. The number of anilines is 1. The summed E-state index contributed by atoms with van der Waals surface area (Å²) in [6.07, 6.45) is 4.90. The zero-order chi connectivity index (χ0) is 15.1. The molecule has 1 aliphatic carbocycles. The van der Waals surface area contributed by atoms with E-state index in [0.717, 1.165) is 29.8 Å².